The van der Waals surface area contributed by atoms with Gasteiger partial charge in [0.05, 0.1) is 11.5 Å². The molecule has 2 aromatic carbocycles. The number of hydrogen-bond donors (Lipinski definition) is 2. The van der Waals surface area contributed by atoms with E-state index in [0.29, 0.717) is 38.4 Å². The molecule has 0 saturated heterocycles. The highest BCUT2D eigenvalue weighted by molar-refractivity contribution is 7.22. The molecule has 174 valence electrons. The van der Waals surface area contributed by atoms with E-state index in [4.69, 9.17) is 16.3 Å². The number of nitrogens with zero attached hydrogens (tertiary/aromatic N) is 3. The van der Waals surface area contributed by atoms with E-state index in [1.165, 1.54) is 11.3 Å². The third-order valence-electron chi connectivity index (χ3n) is 5.55. The van der Waals surface area contributed by atoms with Crippen LogP contribution >= 0.6 is 22.9 Å². The summed E-state index contributed by atoms with van der Waals surface area (Å²) < 4.78 is 5.88. The number of alkyl halides is 1. The molecule has 2 heterocycles. The second-order valence-electron chi connectivity index (χ2n) is 8.03. The van der Waals surface area contributed by atoms with E-state index < -0.39 is 5.41 Å². The lowest BCUT2D eigenvalue weighted by atomic mass is 9.96. The Hall–Kier alpha value is -4.00. The average Bonchev–Trinajstić information content (AvgIpc) is 3.58. The van der Waals surface area contributed by atoms with Crippen LogP contribution in [0.15, 0.2) is 60.7 Å². The van der Waals surface area contributed by atoms with Crippen molar-refractivity contribution >= 4 is 55.9 Å². The standard InChI is InChI=1S/C25H18ClN5O3S/c26-13-20(32)30-24-29-19-7-8-21(31-23(19)35-24)34-18-6-2-5-17(12-18)28-22(33)15-3-1-4-16(11-15)25(14-27)9-10-25/h1-8,11-12H,9-10,13H2,(H,28,33)(H,29,30,32). The van der Waals surface area contributed by atoms with Gasteiger partial charge in [-0.1, -0.05) is 29.5 Å². The van der Waals surface area contributed by atoms with Crippen LogP contribution in [0.1, 0.15) is 28.8 Å². The summed E-state index contributed by atoms with van der Waals surface area (Å²) in [6.07, 6.45) is 1.64. The number of halogens is 1. The van der Waals surface area contributed by atoms with Crippen LogP contribution in [0, 0.1) is 11.3 Å². The van der Waals surface area contributed by atoms with Crippen LogP contribution < -0.4 is 15.4 Å². The van der Waals surface area contributed by atoms with Crippen LogP contribution in [0.5, 0.6) is 11.6 Å². The molecule has 0 atom stereocenters. The minimum absolute atomic E-state index is 0.156. The molecule has 1 fully saturated rings. The van der Waals surface area contributed by atoms with Crippen molar-refractivity contribution in [3.63, 3.8) is 0 Å². The topological polar surface area (TPSA) is 117 Å². The average molecular weight is 504 g/mol. The van der Waals surface area contributed by atoms with Crippen LogP contribution in [0.3, 0.4) is 0 Å². The first kappa shape index (κ1) is 22.8. The van der Waals surface area contributed by atoms with Crippen LogP contribution in [0.4, 0.5) is 10.8 Å². The van der Waals surface area contributed by atoms with Crippen LogP contribution in [0.25, 0.3) is 10.3 Å². The zero-order chi connectivity index (χ0) is 24.4. The SMILES string of the molecule is N#CC1(c2cccc(C(=O)Nc3cccc(Oc4ccc5nc(NC(=O)CCl)sc5n4)c3)c2)CC1. The molecule has 0 aliphatic heterocycles. The van der Waals surface area contributed by atoms with Gasteiger partial charge in [-0.3, -0.25) is 9.59 Å². The molecule has 35 heavy (non-hydrogen) atoms. The number of ether oxygens (including phenoxy) is 1. The fourth-order valence-corrected chi connectivity index (χ4v) is 4.49. The molecule has 0 spiro atoms. The molecular weight excluding hydrogens is 486 g/mol. The number of amides is 2. The molecule has 5 rings (SSSR count). The van der Waals surface area contributed by atoms with E-state index in [0.717, 1.165) is 18.4 Å². The van der Waals surface area contributed by atoms with E-state index in [2.05, 4.69) is 26.7 Å². The van der Waals surface area contributed by atoms with Crippen LogP contribution in [-0.2, 0) is 10.2 Å². The Morgan fingerprint density at radius 2 is 1.91 bits per heavy atom. The molecule has 0 unspecified atom stereocenters. The second-order valence-corrected chi connectivity index (χ2v) is 9.28. The Balaban J connectivity index is 1.29. The van der Waals surface area contributed by atoms with Crippen LogP contribution in [-0.4, -0.2) is 27.7 Å². The third-order valence-corrected chi connectivity index (χ3v) is 6.68. The molecule has 1 aliphatic rings. The minimum Gasteiger partial charge on any atom is -0.439 e. The van der Waals surface area contributed by atoms with Crippen molar-refractivity contribution in [2.75, 3.05) is 16.5 Å². The zero-order valence-electron chi connectivity index (χ0n) is 18.2. The maximum absolute atomic E-state index is 12.8. The Kier molecular flexibility index (Phi) is 6.07. The molecule has 0 radical (unpaired) electrons. The van der Waals surface area contributed by atoms with Gasteiger partial charge in [0, 0.05) is 23.4 Å². The molecule has 2 aromatic heterocycles. The number of nitriles is 1. The van der Waals surface area contributed by atoms with Crippen molar-refractivity contribution in [3.8, 4) is 17.7 Å². The van der Waals surface area contributed by atoms with E-state index in [1.807, 2.05) is 6.07 Å². The number of rotatable bonds is 7. The first-order chi connectivity index (χ1) is 17.0. The predicted molar refractivity (Wildman–Crippen MR) is 134 cm³/mol. The number of fused-ring (bicyclic) bond motifs is 1. The summed E-state index contributed by atoms with van der Waals surface area (Å²) >= 11 is 6.73. The molecule has 0 bridgehead atoms. The number of benzene rings is 2. The van der Waals surface area contributed by atoms with Gasteiger partial charge in [0.15, 0.2) is 5.13 Å². The second kappa shape index (κ2) is 9.33. The Labute approximate surface area is 209 Å². The van der Waals surface area contributed by atoms with Gasteiger partial charge in [0.25, 0.3) is 5.91 Å². The summed E-state index contributed by atoms with van der Waals surface area (Å²) in [4.78, 5) is 33.6. The van der Waals surface area contributed by atoms with E-state index in [9.17, 15) is 14.9 Å². The lowest BCUT2D eigenvalue weighted by molar-refractivity contribution is -0.113. The lowest BCUT2D eigenvalue weighted by Gasteiger charge is -2.10. The maximum Gasteiger partial charge on any atom is 0.255 e. The van der Waals surface area contributed by atoms with Gasteiger partial charge in [-0.15, -0.1) is 11.6 Å². The van der Waals surface area contributed by atoms with Crippen molar-refractivity contribution in [1.29, 1.82) is 5.26 Å². The number of carbonyl (C=O) groups excluding carboxylic acids is 2. The van der Waals surface area contributed by atoms with Gasteiger partial charge >= 0.3 is 0 Å². The van der Waals surface area contributed by atoms with Crippen molar-refractivity contribution in [1.82, 2.24) is 9.97 Å². The van der Waals surface area contributed by atoms with Gasteiger partial charge in [0.1, 0.15) is 22.0 Å². The normalized spacial score (nSPS) is 13.6. The Morgan fingerprint density at radius 3 is 2.69 bits per heavy atom. The minimum atomic E-state index is -0.452. The molecule has 1 aliphatic carbocycles. The smallest absolute Gasteiger partial charge is 0.255 e. The third kappa shape index (κ3) is 4.94. The van der Waals surface area contributed by atoms with Gasteiger partial charge < -0.3 is 15.4 Å². The van der Waals surface area contributed by atoms with Gasteiger partial charge in [-0.05, 0) is 48.7 Å². The molecule has 1 saturated carbocycles. The maximum atomic E-state index is 12.8. The number of pyridine rings is 1. The number of aromatic nitrogens is 2. The highest BCUT2D eigenvalue weighted by Crippen LogP contribution is 2.47. The molecule has 8 nitrogen and oxygen atoms in total. The molecule has 10 heteroatoms. The largest absolute Gasteiger partial charge is 0.439 e. The highest BCUT2D eigenvalue weighted by Gasteiger charge is 2.45. The number of carbonyl (C=O) groups is 2. The summed E-state index contributed by atoms with van der Waals surface area (Å²) in [7, 11) is 0. The van der Waals surface area contributed by atoms with E-state index in [1.54, 1.807) is 54.6 Å². The predicted octanol–water partition coefficient (Wildman–Crippen LogP) is 5.47. The quantitative estimate of drug-likeness (QED) is 0.323. The summed E-state index contributed by atoms with van der Waals surface area (Å²) in [5.41, 5.74) is 2.10. The van der Waals surface area contributed by atoms with Crippen molar-refractivity contribution in [3.05, 3.63) is 71.8 Å². The molecule has 2 amide bonds. The first-order valence-electron chi connectivity index (χ1n) is 10.7. The number of thiazole rings is 1. The van der Waals surface area contributed by atoms with Crippen molar-refractivity contribution in [2.45, 2.75) is 18.3 Å². The number of nitrogens with one attached hydrogen (secondary N) is 2. The highest BCUT2D eigenvalue weighted by atomic mass is 35.5. The molecule has 2 N–H and O–H groups in total. The van der Waals surface area contributed by atoms with Gasteiger partial charge in [-0.2, -0.15) is 5.26 Å². The molecule has 4 aromatic rings. The summed E-state index contributed by atoms with van der Waals surface area (Å²) in [5, 5.41) is 15.3. The van der Waals surface area contributed by atoms with Crippen LogP contribution in [0.2, 0.25) is 0 Å². The van der Waals surface area contributed by atoms with Gasteiger partial charge in [0.2, 0.25) is 11.8 Å². The summed E-state index contributed by atoms with van der Waals surface area (Å²) in [6, 6.07) is 20.0. The van der Waals surface area contributed by atoms with E-state index >= 15 is 0 Å². The Bertz CT molecular complexity index is 1490. The molecular formula is C25H18ClN5O3S. The first-order valence-corrected chi connectivity index (χ1v) is 12.1. The summed E-state index contributed by atoms with van der Waals surface area (Å²) in [5.74, 6) is 0.0681. The van der Waals surface area contributed by atoms with E-state index in [-0.39, 0.29) is 17.7 Å². The fraction of sp³-hybridized carbons (Fsp3) is 0.160. The summed E-state index contributed by atoms with van der Waals surface area (Å²) in [6.45, 7) is 0. The fourth-order valence-electron chi connectivity index (χ4n) is 3.57. The van der Waals surface area contributed by atoms with Gasteiger partial charge in [-0.25, -0.2) is 9.97 Å². The number of hydrogen-bond acceptors (Lipinski definition) is 7. The Morgan fingerprint density at radius 1 is 1.09 bits per heavy atom. The monoisotopic (exact) mass is 503 g/mol. The van der Waals surface area contributed by atoms with Crippen molar-refractivity contribution < 1.29 is 14.3 Å². The van der Waals surface area contributed by atoms with Crippen molar-refractivity contribution in [2.24, 2.45) is 0 Å². The number of anilines is 2. The lowest BCUT2D eigenvalue weighted by Crippen LogP contribution is -2.13. The zero-order valence-corrected chi connectivity index (χ0v) is 19.8.